The van der Waals surface area contributed by atoms with Crippen LogP contribution >= 0.6 is 0 Å². The van der Waals surface area contributed by atoms with Gasteiger partial charge in [-0.3, -0.25) is 9.79 Å². The van der Waals surface area contributed by atoms with Crippen LogP contribution in [0.3, 0.4) is 0 Å². The van der Waals surface area contributed by atoms with Gasteiger partial charge in [-0.15, -0.1) is 0 Å². The second kappa shape index (κ2) is 2.54. The number of hydrogen-bond donors (Lipinski definition) is 0. The second-order valence-electron chi connectivity index (χ2n) is 3.24. The van der Waals surface area contributed by atoms with Crippen LogP contribution in [0.15, 0.2) is 23.3 Å². The average molecular weight is 185 g/mol. The van der Waals surface area contributed by atoms with Gasteiger partial charge in [0.2, 0.25) is 0 Å². The summed E-state index contributed by atoms with van der Waals surface area (Å²) in [6, 6.07) is 3.72. The molecule has 0 spiro atoms. The first-order valence-electron chi connectivity index (χ1n) is 4.43. The smallest absolute Gasteiger partial charge is 0.315 e. The fourth-order valence-electron chi connectivity index (χ4n) is 1.71. The van der Waals surface area contributed by atoms with E-state index in [0.29, 0.717) is 12.2 Å². The minimum atomic E-state index is -0.205. The van der Waals surface area contributed by atoms with E-state index >= 15 is 0 Å². The minimum Gasteiger partial charge on any atom is -0.426 e. The number of ether oxygens (including phenoxy) is 1. The Morgan fingerprint density at radius 1 is 1.36 bits per heavy atom. The summed E-state index contributed by atoms with van der Waals surface area (Å²) in [7, 11) is 0. The Morgan fingerprint density at radius 3 is 3.21 bits per heavy atom. The van der Waals surface area contributed by atoms with Gasteiger partial charge >= 0.3 is 5.97 Å². The van der Waals surface area contributed by atoms with E-state index in [1.807, 2.05) is 24.3 Å². The molecule has 3 nitrogen and oxygen atoms in total. The highest BCUT2D eigenvalue weighted by molar-refractivity contribution is 5.80. The summed E-state index contributed by atoms with van der Waals surface area (Å²) >= 11 is 0. The Kier molecular flexibility index (Phi) is 1.36. The highest BCUT2D eigenvalue weighted by Gasteiger charge is 2.13. The highest BCUT2D eigenvalue weighted by atomic mass is 16.5. The molecule has 3 heteroatoms. The fourth-order valence-corrected chi connectivity index (χ4v) is 1.71. The van der Waals surface area contributed by atoms with Crippen molar-refractivity contribution >= 4 is 18.1 Å². The van der Waals surface area contributed by atoms with Crippen molar-refractivity contribution in [2.75, 3.05) is 0 Å². The number of rotatable bonds is 0. The molecule has 1 aromatic carbocycles. The lowest BCUT2D eigenvalue weighted by Crippen LogP contribution is -2.32. The summed E-state index contributed by atoms with van der Waals surface area (Å²) in [5.41, 5.74) is 1.08. The van der Waals surface area contributed by atoms with Crippen molar-refractivity contribution in [3.8, 4) is 5.75 Å². The van der Waals surface area contributed by atoms with E-state index in [1.165, 1.54) is 0 Å². The van der Waals surface area contributed by atoms with Crippen LogP contribution in [0.1, 0.15) is 12.0 Å². The van der Waals surface area contributed by atoms with E-state index in [9.17, 15) is 4.79 Å². The topological polar surface area (TPSA) is 38.7 Å². The van der Waals surface area contributed by atoms with Crippen LogP contribution in [0.4, 0.5) is 0 Å². The van der Waals surface area contributed by atoms with Gasteiger partial charge in [0.1, 0.15) is 5.75 Å². The number of benzene rings is 1. The summed E-state index contributed by atoms with van der Waals surface area (Å²) < 4.78 is 5.10. The molecule has 0 N–H and O–H groups in total. The van der Waals surface area contributed by atoms with Crippen molar-refractivity contribution in [1.29, 1.82) is 0 Å². The van der Waals surface area contributed by atoms with Crippen LogP contribution in [0.2, 0.25) is 0 Å². The van der Waals surface area contributed by atoms with Crippen molar-refractivity contribution in [2.24, 2.45) is 4.99 Å². The maximum Gasteiger partial charge on any atom is 0.315 e. The quantitative estimate of drug-likeness (QED) is 0.433. The minimum absolute atomic E-state index is 0.205. The Balaban J connectivity index is 2.39. The molecular formula is C11H7NO2. The molecule has 0 fully saturated rings. The first-order chi connectivity index (χ1) is 6.84. The molecule has 0 bridgehead atoms. The third-order valence-electron chi connectivity index (χ3n) is 2.36. The van der Waals surface area contributed by atoms with Crippen LogP contribution in [-0.4, -0.2) is 5.97 Å². The number of esters is 1. The third kappa shape index (κ3) is 0.923. The molecule has 0 radical (unpaired) electrons. The largest absolute Gasteiger partial charge is 0.426 e. The Hall–Kier alpha value is -1.90. The second-order valence-corrected chi connectivity index (χ2v) is 3.24. The Morgan fingerprint density at radius 2 is 2.29 bits per heavy atom. The highest BCUT2D eigenvalue weighted by Crippen LogP contribution is 2.10. The lowest BCUT2D eigenvalue weighted by molar-refractivity contribution is -0.133. The predicted molar refractivity (Wildman–Crippen MR) is 51.0 cm³/mol. The molecular weight excluding hydrogens is 178 g/mol. The Labute approximate surface area is 80.0 Å². The van der Waals surface area contributed by atoms with E-state index in [0.717, 1.165) is 16.1 Å². The van der Waals surface area contributed by atoms with Crippen molar-refractivity contribution in [3.63, 3.8) is 0 Å². The Bertz CT molecular complexity index is 570. The molecule has 0 saturated heterocycles. The molecule has 2 aliphatic rings. The first-order valence-corrected chi connectivity index (χ1v) is 4.43. The van der Waals surface area contributed by atoms with Crippen LogP contribution < -0.4 is 15.3 Å². The lowest BCUT2D eigenvalue weighted by atomic mass is 10.1. The van der Waals surface area contributed by atoms with Crippen molar-refractivity contribution in [1.82, 2.24) is 0 Å². The van der Waals surface area contributed by atoms with Gasteiger partial charge in [0.05, 0.1) is 11.8 Å². The molecule has 0 aromatic heterocycles. The standard InChI is InChI=1S/C11H7NO2/c13-10-4-2-8-9(14-10)3-1-7-5-6-12-11(7)8/h1-3,5-6H,4H2. The molecule has 0 amide bonds. The van der Waals surface area contributed by atoms with E-state index in [2.05, 4.69) is 4.99 Å². The predicted octanol–water partition coefficient (Wildman–Crippen LogP) is 0.380. The number of hydrogen-bond acceptors (Lipinski definition) is 3. The normalized spacial score (nSPS) is 16.4. The van der Waals surface area contributed by atoms with Gasteiger partial charge in [-0.2, -0.15) is 0 Å². The molecule has 2 heterocycles. The number of carbonyl (C=O) groups excluding carboxylic acids is 1. The van der Waals surface area contributed by atoms with Gasteiger partial charge in [-0.1, -0.05) is 6.08 Å². The summed E-state index contributed by atoms with van der Waals surface area (Å²) in [4.78, 5) is 15.3. The maximum atomic E-state index is 11.0. The van der Waals surface area contributed by atoms with Gasteiger partial charge in [0.15, 0.2) is 0 Å². The molecule has 14 heavy (non-hydrogen) atoms. The zero-order valence-corrected chi connectivity index (χ0v) is 7.36. The SMILES string of the molecule is O=C1CC=c2c(ccc3c2=NC=C3)O1. The summed E-state index contributed by atoms with van der Waals surface area (Å²) in [6.07, 6.45) is 5.91. The van der Waals surface area contributed by atoms with Gasteiger partial charge < -0.3 is 4.74 Å². The molecule has 2 aliphatic heterocycles. The van der Waals surface area contributed by atoms with Crippen molar-refractivity contribution in [3.05, 3.63) is 34.5 Å². The van der Waals surface area contributed by atoms with Crippen LogP contribution in [0.25, 0.3) is 12.2 Å². The molecule has 0 atom stereocenters. The van der Waals surface area contributed by atoms with Gasteiger partial charge in [0.25, 0.3) is 0 Å². The molecule has 0 saturated carbocycles. The fraction of sp³-hybridized carbons (Fsp3) is 0.0909. The average Bonchev–Trinajstić information content (AvgIpc) is 2.65. The maximum absolute atomic E-state index is 11.0. The van der Waals surface area contributed by atoms with Gasteiger partial charge in [-0.05, 0) is 18.2 Å². The van der Waals surface area contributed by atoms with Crippen molar-refractivity contribution in [2.45, 2.75) is 6.42 Å². The monoisotopic (exact) mass is 185 g/mol. The van der Waals surface area contributed by atoms with E-state index < -0.39 is 0 Å². The number of fused-ring (bicyclic) bond motifs is 3. The number of carbonyl (C=O) groups is 1. The van der Waals surface area contributed by atoms with Crippen LogP contribution in [-0.2, 0) is 4.79 Å². The van der Waals surface area contributed by atoms with Gasteiger partial charge in [-0.25, -0.2) is 0 Å². The summed E-state index contributed by atoms with van der Waals surface area (Å²) in [5, 5.41) is 1.85. The molecule has 0 unspecified atom stereocenters. The summed E-state index contributed by atoms with van der Waals surface area (Å²) in [6.45, 7) is 0. The van der Waals surface area contributed by atoms with Crippen LogP contribution in [0.5, 0.6) is 5.75 Å². The molecule has 3 rings (SSSR count). The molecule has 0 aliphatic carbocycles. The third-order valence-corrected chi connectivity index (χ3v) is 2.36. The molecule has 68 valence electrons. The van der Waals surface area contributed by atoms with E-state index in [4.69, 9.17) is 4.74 Å². The summed E-state index contributed by atoms with van der Waals surface area (Å²) in [5.74, 6) is 0.413. The first kappa shape index (κ1) is 7.50. The van der Waals surface area contributed by atoms with E-state index in [1.54, 1.807) is 6.20 Å². The van der Waals surface area contributed by atoms with Gasteiger partial charge in [0, 0.05) is 17.0 Å². The lowest BCUT2D eigenvalue weighted by Gasteiger charge is -2.08. The zero-order chi connectivity index (χ0) is 9.54. The zero-order valence-electron chi connectivity index (χ0n) is 7.36. The van der Waals surface area contributed by atoms with Crippen molar-refractivity contribution < 1.29 is 9.53 Å². The number of nitrogens with zero attached hydrogens (tertiary/aromatic N) is 1. The molecule has 1 aromatic rings. The van der Waals surface area contributed by atoms with Crippen LogP contribution in [0, 0.1) is 0 Å². The van der Waals surface area contributed by atoms with E-state index in [-0.39, 0.29) is 5.97 Å².